The van der Waals surface area contributed by atoms with Gasteiger partial charge in [-0.2, -0.15) is 0 Å². The van der Waals surface area contributed by atoms with E-state index in [0.29, 0.717) is 38.8 Å². The number of aliphatic carboxylic acids is 1. The summed E-state index contributed by atoms with van der Waals surface area (Å²) in [7, 11) is 0. The standard InChI is InChI=1S/C24H30BrN5O4.C24H32BrN5O4.C5H8O3/c1-13(18-10-8-15-7-9-17(25)12-20(15)28-18)26-22(32)19-4-3-11-30(29-19)24(34)14(2)27-23(33)21(31)16-5-6-16;1-14(18-11-9-16-8-10-17(25)13-20(16)28-18)26-21(31)19-7-6-12-30(29-19)22(32)15(2)27-23(33)34-24(3,4)5;6-4(5(7)8)3-1-2-3/h7-10,12-14,16,19,21,29,31H,3-6,11H2,1-2H3,(H,26,32)(H,27,33);8-11,13-15,19,29H,6-7,12H2,1-5H3,(H,26,31)(H,27,33);3-4,6H,1-2H2,(H,7,8)/t13-,14+,19+,21+;14-,15+,19+;4-/m110/s1. The molecule has 2 aliphatic carbocycles. The molecule has 4 aromatic rings. The van der Waals surface area contributed by atoms with Crippen LogP contribution in [0.3, 0.4) is 0 Å². The number of hydrogen-bond acceptors (Lipinski definition) is 14. The number of alkyl carbamates (subject to hydrolysis) is 1. The number of amides is 6. The minimum Gasteiger partial charge on any atom is -0.479 e. The van der Waals surface area contributed by atoms with Gasteiger partial charge in [0.05, 0.1) is 34.5 Å². The number of benzene rings is 2. The van der Waals surface area contributed by atoms with E-state index in [4.69, 9.17) is 14.9 Å². The number of aromatic nitrogens is 2. The summed E-state index contributed by atoms with van der Waals surface area (Å²) in [5.74, 6) is -2.69. The summed E-state index contributed by atoms with van der Waals surface area (Å²) in [6.45, 7) is 13.1. The van der Waals surface area contributed by atoms with Crippen LogP contribution in [-0.4, -0.2) is 132 Å². The summed E-state index contributed by atoms with van der Waals surface area (Å²) in [5, 5.41) is 42.7. The zero-order valence-corrected chi connectivity index (χ0v) is 46.9. The van der Waals surface area contributed by atoms with E-state index in [0.717, 1.165) is 67.8 Å². The fraction of sp³-hybridized carbons (Fsp3) is 0.528. The molecule has 2 aromatic heterocycles. The van der Waals surface area contributed by atoms with Crippen molar-refractivity contribution in [2.24, 2.45) is 11.8 Å². The predicted molar refractivity (Wildman–Crippen MR) is 289 cm³/mol. The third kappa shape index (κ3) is 17.3. The van der Waals surface area contributed by atoms with Gasteiger partial charge in [-0.3, -0.25) is 44.0 Å². The zero-order valence-electron chi connectivity index (χ0n) is 43.8. The van der Waals surface area contributed by atoms with Crippen LogP contribution in [0.1, 0.15) is 123 Å². The van der Waals surface area contributed by atoms with Crippen LogP contribution in [-0.2, 0) is 33.5 Å². The van der Waals surface area contributed by atoms with E-state index in [1.54, 1.807) is 34.6 Å². The Morgan fingerprint density at radius 1 is 0.618 bits per heavy atom. The van der Waals surface area contributed by atoms with E-state index in [2.05, 4.69) is 73.9 Å². The molecule has 23 heteroatoms. The number of carbonyl (C=O) groups is 7. The number of halogens is 2. The van der Waals surface area contributed by atoms with Crippen molar-refractivity contribution in [1.82, 2.24) is 52.1 Å². The van der Waals surface area contributed by atoms with Gasteiger partial charge in [-0.05, 0) is 148 Å². The number of aliphatic hydroxyl groups excluding tert-OH is 2. The van der Waals surface area contributed by atoms with Crippen LogP contribution in [0.4, 0.5) is 4.79 Å². The second-order valence-corrected chi connectivity index (χ2v) is 22.6. The molecule has 2 saturated heterocycles. The first-order valence-corrected chi connectivity index (χ1v) is 27.2. The number of nitrogens with one attached hydrogen (secondary N) is 6. The van der Waals surface area contributed by atoms with Crippen molar-refractivity contribution >= 4 is 95.3 Å². The fourth-order valence-corrected chi connectivity index (χ4v) is 9.05. The largest absolute Gasteiger partial charge is 0.479 e. The maximum absolute atomic E-state index is 12.9. The zero-order chi connectivity index (χ0) is 55.6. The number of carbonyl (C=O) groups excluding carboxylic acids is 6. The average molecular weight is 1180 g/mol. The Kier molecular flexibility index (Phi) is 20.7. The lowest BCUT2D eigenvalue weighted by atomic mass is 10.1. The number of hydrogen-bond donors (Lipinski definition) is 9. The van der Waals surface area contributed by atoms with Gasteiger partial charge in [0.25, 0.3) is 11.8 Å². The number of rotatable bonds is 14. The fourth-order valence-electron chi connectivity index (χ4n) is 8.35. The van der Waals surface area contributed by atoms with Crippen molar-refractivity contribution in [2.45, 2.75) is 154 Å². The molecule has 2 aromatic carbocycles. The number of carboxylic acids is 1. The molecule has 9 N–H and O–H groups in total. The maximum atomic E-state index is 12.9. The summed E-state index contributed by atoms with van der Waals surface area (Å²) >= 11 is 6.92. The Morgan fingerprint density at radius 2 is 1.03 bits per heavy atom. The number of hydrazine groups is 2. The van der Waals surface area contributed by atoms with Crippen molar-refractivity contribution in [2.75, 3.05) is 13.1 Å². The first-order chi connectivity index (χ1) is 35.9. The molecule has 8 rings (SSSR count). The van der Waals surface area contributed by atoms with E-state index >= 15 is 0 Å². The SMILES string of the molecule is C[C@H](NC(=O)OC(C)(C)C)C(=O)N1CCC[C@@H](C(=O)N[C@H](C)c2ccc3ccc(Br)cc3n2)N1.C[C@H](NC(=O)[C@@H](O)C1CC1)C(=O)N1CCC[C@@H](C(=O)N[C@H](C)c2ccc3ccc(Br)cc3n2)N1.O=C(O)[C@@H](O)C1CC1. The van der Waals surface area contributed by atoms with Gasteiger partial charge in [0, 0.05) is 32.8 Å². The summed E-state index contributed by atoms with van der Waals surface area (Å²) in [6, 6.07) is 16.1. The highest BCUT2D eigenvalue weighted by atomic mass is 79.9. The van der Waals surface area contributed by atoms with E-state index in [-0.39, 0.29) is 47.5 Å². The molecule has 2 aliphatic heterocycles. The summed E-state index contributed by atoms with van der Waals surface area (Å²) in [5.41, 5.74) is 8.51. The predicted octanol–water partition coefficient (Wildman–Crippen LogP) is 5.37. The van der Waals surface area contributed by atoms with Crippen LogP contribution < -0.4 is 32.1 Å². The normalized spacial score (nSPS) is 19.9. The number of fused-ring (bicyclic) bond motifs is 2. The van der Waals surface area contributed by atoms with Crippen molar-refractivity contribution in [3.63, 3.8) is 0 Å². The second-order valence-electron chi connectivity index (χ2n) is 20.7. The quantitative estimate of drug-likeness (QED) is 0.0767. The van der Waals surface area contributed by atoms with Gasteiger partial charge in [0.15, 0.2) is 6.10 Å². The lowest BCUT2D eigenvalue weighted by Crippen LogP contribution is -2.61. The number of nitrogens with zero attached hydrogens (tertiary/aromatic N) is 4. The molecule has 2 saturated carbocycles. The molecule has 4 fully saturated rings. The number of aliphatic hydroxyl groups is 2. The van der Waals surface area contributed by atoms with Gasteiger partial charge in [-0.15, -0.1) is 0 Å². The highest BCUT2D eigenvalue weighted by molar-refractivity contribution is 9.10. The van der Waals surface area contributed by atoms with Gasteiger partial charge >= 0.3 is 12.1 Å². The summed E-state index contributed by atoms with van der Waals surface area (Å²) in [6.07, 6.45) is 3.04. The summed E-state index contributed by atoms with van der Waals surface area (Å²) < 4.78 is 7.08. The van der Waals surface area contributed by atoms with Crippen LogP contribution in [0.15, 0.2) is 69.6 Å². The molecule has 6 amide bonds. The first kappa shape index (κ1) is 59.4. The Morgan fingerprint density at radius 3 is 1.42 bits per heavy atom. The van der Waals surface area contributed by atoms with Gasteiger partial charge < -0.3 is 41.3 Å². The van der Waals surface area contributed by atoms with E-state index < -0.39 is 59.9 Å². The number of pyridine rings is 2. The third-order valence-electron chi connectivity index (χ3n) is 13.0. The van der Waals surface area contributed by atoms with Crippen molar-refractivity contribution in [3.8, 4) is 0 Å². The molecule has 412 valence electrons. The molecular weight excluding hydrogens is 1110 g/mol. The molecule has 8 atom stereocenters. The highest BCUT2D eigenvalue weighted by Crippen LogP contribution is 2.33. The average Bonchev–Trinajstić information content (AvgIpc) is 4.33. The van der Waals surface area contributed by atoms with Crippen LogP contribution in [0, 0.1) is 11.8 Å². The minimum absolute atomic E-state index is 0.0101. The third-order valence-corrected chi connectivity index (χ3v) is 14.0. The Hall–Kier alpha value is -5.85. The van der Waals surface area contributed by atoms with Gasteiger partial charge in [0.1, 0.15) is 35.9 Å². The van der Waals surface area contributed by atoms with Crippen LogP contribution >= 0.6 is 31.9 Å². The van der Waals surface area contributed by atoms with Crippen LogP contribution in [0.2, 0.25) is 0 Å². The Balaban J connectivity index is 0.000000215. The van der Waals surface area contributed by atoms with Gasteiger partial charge in [-0.1, -0.05) is 56.1 Å². The first-order valence-electron chi connectivity index (χ1n) is 25.6. The summed E-state index contributed by atoms with van der Waals surface area (Å²) in [4.78, 5) is 94.9. The molecule has 4 aliphatic rings. The highest BCUT2D eigenvalue weighted by Gasteiger charge is 2.38. The monoisotopic (exact) mass is 1180 g/mol. The smallest absolute Gasteiger partial charge is 0.408 e. The van der Waals surface area contributed by atoms with Gasteiger partial charge in [0.2, 0.25) is 17.7 Å². The van der Waals surface area contributed by atoms with Gasteiger partial charge in [-0.25, -0.2) is 20.4 Å². The van der Waals surface area contributed by atoms with Crippen molar-refractivity contribution in [1.29, 1.82) is 0 Å². The van der Waals surface area contributed by atoms with Crippen LogP contribution in [0.5, 0.6) is 0 Å². The number of ether oxygens (including phenoxy) is 1. The Bertz CT molecular complexity index is 2760. The van der Waals surface area contributed by atoms with Crippen LogP contribution in [0.25, 0.3) is 21.8 Å². The molecular formula is C53H70Br2N10O11. The molecule has 76 heavy (non-hydrogen) atoms. The lowest BCUT2D eigenvalue weighted by Gasteiger charge is -2.35. The Labute approximate surface area is 458 Å². The molecule has 0 spiro atoms. The molecule has 4 heterocycles. The van der Waals surface area contributed by atoms with E-state index in [1.165, 1.54) is 10.0 Å². The van der Waals surface area contributed by atoms with Crippen molar-refractivity contribution < 1.29 is 53.6 Å². The lowest BCUT2D eigenvalue weighted by molar-refractivity contribution is -0.147. The number of carboxylic acid groups (broad SMARTS) is 1. The van der Waals surface area contributed by atoms with Crippen molar-refractivity contribution in [3.05, 3.63) is 81.0 Å². The van der Waals surface area contributed by atoms with E-state index in [9.17, 15) is 38.7 Å². The second kappa shape index (κ2) is 26.5. The minimum atomic E-state index is -1.10. The molecule has 0 radical (unpaired) electrons. The van der Waals surface area contributed by atoms with E-state index in [1.807, 2.05) is 74.5 Å². The topological polar surface area (TPSA) is 294 Å². The molecule has 0 unspecified atom stereocenters. The maximum Gasteiger partial charge on any atom is 0.408 e. The molecule has 0 bridgehead atoms. The molecule has 21 nitrogen and oxygen atoms in total.